The third-order valence-corrected chi connectivity index (χ3v) is 3.73. The van der Waals surface area contributed by atoms with Gasteiger partial charge in [0, 0.05) is 5.69 Å². The molecule has 1 heterocycles. The summed E-state index contributed by atoms with van der Waals surface area (Å²) in [7, 11) is 0. The van der Waals surface area contributed by atoms with Crippen molar-refractivity contribution in [3.8, 4) is 0 Å². The summed E-state index contributed by atoms with van der Waals surface area (Å²) in [5.41, 5.74) is 0.421. The second kappa shape index (κ2) is 6.04. The van der Waals surface area contributed by atoms with Gasteiger partial charge in [-0.25, -0.2) is 4.58 Å². The number of anilines is 1. The van der Waals surface area contributed by atoms with Crippen LogP contribution in [-0.2, 0) is 6.18 Å². The van der Waals surface area contributed by atoms with E-state index >= 15 is 0 Å². The summed E-state index contributed by atoms with van der Waals surface area (Å²) in [6.07, 6.45) is -2.38. The van der Waals surface area contributed by atoms with Crippen LogP contribution in [0.1, 0.15) is 11.1 Å². The van der Waals surface area contributed by atoms with Crippen LogP contribution in [0.5, 0.6) is 0 Å². The molecular weight excluding hydrogens is 289 g/mol. The van der Waals surface area contributed by atoms with E-state index < -0.39 is 11.7 Å². The molecule has 6 heteroatoms. The van der Waals surface area contributed by atoms with E-state index in [0.29, 0.717) is 30.2 Å². The number of nitrogens with zero attached hydrogens (tertiary/aromatic N) is 2. The maximum Gasteiger partial charge on any atom is 0.416 e. The highest BCUT2D eigenvalue weighted by Gasteiger charge is 2.33. The molecule has 0 aromatic heterocycles. The lowest BCUT2D eigenvalue weighted by Gasteiger charge is -2.29. The maximum absolute atomic E-state index is 12.9. The summed E-state index contributed by atoms with van der Waals surface area (Å²) >= 11 is 5.65. The first kappa shape index (κ1) is 15.2. The second-order valence-electron chi connectivity index (χ2n) is 4.81. The molecule has 0 aliphatic carbocycles. The zero-order valence-corrected chi connectivity index (χ0v) is 12.0. The van der Waals surface area contributed by atoms with E-state index in [9.17, 15) is 13.2 Å². The van der Waals surface area contributed by atoms with E-state index in [2.05, 4.69) is 4.58 Å². The van der Waals surface area contributed by atoms with Gasteiger partial charge in [-0.05, 0) is 24.6 Å². The third kappa shape index (κ3) is 3.26. The van der Waals surface area contributed by atoms with Crippen molar-refractivity contribution in [3.63, 3.8) is 0 Å². The van der Waals surface area contributed by atoms with Gasteiger partial charge in [0.15, 0.2) is 19.3 Å². The number of rotatable bonds is 2. The lowest BCUT2D eigenvalue weighted by molar-refractivity contribution is -0.525. The van der Waals surface area contributed by atoms with Crippen molar-refractivity contribution in [2.45, 2.75) is 13.1 Å². The number of hydrogen-bond donors (Lipinski definition) is 0. The van der Waals surface area contributed by atoms with Gasteiger partial charge < -0.3 is 4.90 Å². The molecule has 2 rings (SSSR count). The molecule has 0 bridgehead atoms. The molecular formula is C14H17ClF3N2+. The zero-order chi connectivity index (χ0) is 14.8. The Morgan fingerprint density at radius 1 is 1.30 bits per heavy atom. The molecule has 0 unspecified atom stereocenters. The molecule has 0 radical (unpaired) electrons. The Labute approximate surface area is 121 Å². The number of benzene rings is 1. The Morgan fingerprint density at radius 2 is 1.95 bits per heavy atom. The monoisotopic (exact) mass is 305 g/mol. The Kier molecular flexibility index (Phi) is 4.58. The largest absolute Gasteiger partial charge is 0.416 e. The van der Waals surface area contributed by atoms with Gasteiger partial charge in [-0.3, -0.25) is 0 Å². The molecule has 0 atom stereocenters. The van der Waals surface area contributed by atoms with Crippen LogP contribution in [0.3, 0.4) is 0 Å². The normalized spacial score (nSPS) is 16.4. The van der Waals surface area contributed by atoms with Gasteiger partial charge in [-0.2, -0.15) is 13.2 Å². The number of alkyl halides is 4. The van der Waals surface area contributed by atoms with Crippen molar-refractivity contribution >= 4 is 23.5 Å². The predicted molar refractivity (Wildman–Crippen MR) is 75.2 cm³/mol. The quantitative estimate of drug-likeness (QED) is 0.601. The van der Waals surface area contributed by atoms with Gasteiger partial charge in [0.1, 0.15) is 0 Å². The van der Waals surface area contributed by atoms with Crippen molar-refractivity contribution in [1.29, 1.82) is 0 Å². The molecule has 0 spiro atoms. The van der Waals surface area contributed by atoms with Crippen molar-refractivity contribution in [3.05, 3.63) is 29.3 Å². The predicted octanol–water partition coefficient (Wildman–Crippen LogP) is 3.16. The van der Waals surface area contributed by atoms with Gasteiger partial charge in [0.05, 0.1) is 24.5 Å². The van der Waals surface area contributed by atoms with Crippen LogP contribution in [0.15, 0.2) is 18.2 Å². The Morgan fingerprint density at radius 3 is 2.50 bits per heavy atom. The number of piperazine rings is 1. The molecule has 0 amide bonds. The summed E-state index contributed by atoms with van der Waals surface area (Å²) in [4.78, 5) is 2.00. The number of halogens is 4. The first-order valence-corrected chi connectivity index (χ1v) is 7.02. The molecule has 0 N–H and O–H groups in total. The molecule has 1 aliphatic rings. The van der Waals surface area contributed by atoms with Gasteiger partial charge >= 0.3 is 6.18 Å². The summed E-state index contributed by atoms with van der Waals surface area (Å²) in [5.74, 6) is 0.461. The van der Waals surface area contributed by atoms with Crippen molar-refractivity contribution in [1.82, 2.24) is 0 Å². The average molecular weight is 306 g/mol. The van der Waals surface area contributed by atoms with Crippen LogP contribution < -0.4 is 4.90 Å². The van der Waals surface area contributed by atoms with E-state index in [1.165, 1.54) is 13.0 Å². The Bertz CT molecular complexity index is 502. The van der Waals surface area contributed by atoms with Crippen molar-refractivity contribution in [2.24, 2.45) is 0 Å². The Balaban J connectivity index is 2.21. The average Bonchev–Trinajstić information content (AvgIpc) is 2.39. The molecule has 2 nitrogen and oxygen atoms in total. The maximum atomic E-state index is 12.9. The van der Waals surface area contributed by atoms with Gasteiger partial charge in [-0.15, -0.1) is 11.6 Å². The molecule has 1 aromatic carbocycles. The van der Waals surface area contributed by atoms with Crippen LogP contribution in [0, 0.1) is 6.92 Å². The fraction of sp³-hybridized carbons (Fsp3) is 0.500. The van der Waals surface area contributed by atoms with E-state index in [0.717, 1.165) is 19.2 Å². The number of hydrogen-bond acceptors (Lipinski definition) is 1. The first-order chi connectivity index (χ1) is 9.43. The smallest absolute Gasteiger partial charge is 0.359 e. The molecule has 1 saturated heterocycles. The van der Waals surface area contributed by atoms with Gasteiger partial charge in [0.25, 0.3) is 0 Å². The van der Waals surface area contributed by atoms with Crippen LogP contribution >= 0.6 is 11.6 Å². The lowest BCUT2D eigenvalue weighted by Crippen LogP contribution is -2.43. The summed E-state index contributed by atoms with van der Waals surface area (Å²) < 4.78 is 40.8. The van der Waals surface area contributed by atoms with E-state index in [-0.39, 0.29) is 0 Å². The molecule has 110 valence electrons. The standard InChI is InChI=1S/C14H17ClF3N2/c1-11-12(14(16,17)18)3-2-4-13(11)20-9-7-19(6-5-15)8-10-20/h2-4,6H,5,7-10H2,1H3/q+1. The highest BCUT2D eigenvalue weighted by atomic mass is 35.5. The van der Waals surface area contributed by atoms with E-state index in [1.807, 2.05) is 11.1 Å². The molecule has 1 fully saturated rings. The minimum Gasteiger partial charge on any atom is -0.359 e. The highest BCUT2D eigenvalue weighted by molar-refractivity contribution is 6.24. The SMILES string of the molecule is Cc1c(N2CC[N+](=CCCl)CC2)cccc1C(F)(F)F. The Hall–Kier alpha value is -1.23. The molecule has 20 heavy (non-hydrogen) atoms. The van der Waals surface area contributed by atoms with Crippen LogP contribution in [0.2, 0.25) is 0 Å². The minimum absolute atomic E-state index is 0.301. The van der Waals surface area contributed by atoms with Gasteiger partial charge in [0.2, 0.25) is 0 Å². The highest BCUT2D eigenvalue weighted by Crippen LogP contribution is 2.35. The third-order valence-electron chi connectivity index (χ3n) is 3.59. The van der Waals surface area contributed by atoms with Crippen LogP contribution in [-0.4, -0.2) is 42.8 Å². The fourth-order valence-electron chi connectivity index (χ4n) is 2.52. The summed E-state index contributed by atoms with van der Waals surface area (Å²) in [6, 6.07) is 4.37. The minimum atomic E-state index is -4.30. The lowest BCUT2D eigenvalue weighted by atomic mass is 10.0. The van der Waals surface area contributed by atoms with E-state index in [1.54, 1.807) is 6.07 Å². The molecule has 1 aliphatic heterocycles. The summed E-state index contributed by atoms with van der Waals surface area (Å²) in [5, 5.41) is 0. The van der Waals surface area contributed by atoms with E-state index in [4.69, 9.17) is 11.6 Å². The van der Waals surface area contributed by atoms with Crippen LogP contribution in [0.25, 0.3) is 0 Å². The van der Waals surface area contributed by atoms with Gasteiger partial charge in [-0.1, -0.05) is 6.07 Å². The molecule has 0 saturated carbocycles. The topological polar surface area (TPSA) is 6.25 Å². The molecule has 1 aromatic rings. The second-order valence-corrected chi connectivity index (χ2v) is 5.12. The van der Waals surface area contributed by atoms with Crippen molar-refractivity contribution in [2.75, 3.05) is 37.0 Å². The fourth-order valence-corrected chi connectivity index (χ4v) is 2.71. The van der Waals surface area contributed by atoms with Crippen molar-refractivity contribution < 1.29 is 17.7 Å². The van der Waals surface area contributed by atoms with Crippen LogP contribution in [0.4, 0.5) is 18.9 Å². The first-order valence-electron chi connectivity index (χ1n) is 6.48. The summed E-state index contributed by atoms with van der Waals surface area (Å²) in [6.45, 7) is 4.51. The zero-order valence-electron chi connectivity index (χ0n) is 11.3.